The monoisotopic (exact) mass is 2330 g/mol. The Morgan fingerprint density at radius 3 is 1.05 bits per heavy atom. The number of halogens is 23. The normalized spacial score (nSPS) is 10.4. The smallest absolute Gasteiger partial charge is 0.338 e. The number of nitrogens with zero attached hydrogens (tertiary/aromatic N) is 1. The first-order valence-corrected chi connectivity index (χ1v) is 40.0. The van der Waals surface area contributed by atoms with Crippen LogP contribution in [0.25, 0.3) is 0 Å². The van der Waals surface area contributed by atoms with E-state index in [1.165, 1.54) is 92.6 Å². The molecule has 654 valence electrons. The van der Waals surface area contributed by atoms with Gasteiger partial charge >= 0.3 is 18.0 Å². The van der Waals surface area contributed by atoms with Gasteiger partial charge in [0.15, 0.2) is 69.8 Å². The Bertz CT molecular complexity index is 5340. The van der Waals surface area contributed by atoms with Gasteiger partial charge in [-0.3, -0.25) is 25.2 Å². The van der Waals surface area contributed by atoms with Gasteiger partial charge in [0, 0.05) is 43.2 Å². The van der Waals surface area contributed by atoms with Gasteiger partial charge in [-0.1, -0.05) is 12.2 Å². The van der Waals surface area contributed by atoms with Gasteiger partial charge in [0.2, 0.25) is 6.08 Å². The molecule has 1 fully saturated rings. The summed E-state index contributed by atoms with van der Waals surface area (Å²) in [5.74, 6) is -18.2. The molecule has 1 saturated heterocycles. The topological polar surface area (TPSA) is 330 Å². The number of hydrogen-bond donors (Lipinski definition) is 12. The lowest BCUT2D eigenvalue weighted by atomic mass is 10.1. The van der Waals surface area contributed by atoms with Crippen LogP contribution in [0.5, 0.6) is 0 Å². The molecule has 0 radical (unpaired) electrons. The van der Waals surface area contributed by atoms with Crippen molar-refractivity contribution in [3.63, 3.8) is 0 Å². The fourth-order valence-corrected chi connectivity index (χ4v) is 11.0. The molecule has 1 aliphatic heterocycles. The summed E-state index contributed by atoms with van der Waals surface area (Å²) in [5, 5.41) is 29.2. The van der Waals surface area contributed by atoms with E-state index in [1.807, 2.05) is 129 Å². The Labute approximate surface area is 767 Å². The van der Waals surface area contributed by atoms with Crippen LogP contribution >= 0.6 is 136 Å². The van der Waals surface area contributed by atoms with Crippen LogP contribution in [-0.2, 0) is 9.53 Å². The van der Waals surface area contributed by atoms with Crippen molar-refractivity contribution >= 4 is 229 Å². The number of rotatable bonds is 17. The van der Waals surface area contributed by atoms with Crippen molar-refractivity contribution in [2.24, 2.45) is 10.8 Å². The number of urea groups is 1. The average molecular weight is 2330 g/mol. The molecule has 21 nitrogen and oxygen atoms in total. The molecule has 1 aliphatic rings. The van der Waals surface area contributed by atoms with E-state index in [4.69, 9.17) is 49.7 Å². The molecule has 123 heavy (non-hydrogen) atoms. The van der Waals surface area contributed by atoms with Crippen molar-refractivity contribution in [2.75, 3.05) is 58.6 Å². The van der Waals surface area contributed by atoms with Crippen LogP contribution in [0, 0.1) is 111 Å². The van der Waals surface area contributed by atoms with Crippen LogP contribution in [0.1, 0.15) is 71.6 Å². The van der Waals surface area contributed by atoms with Crippen molar-refractivity contribution in [3.05, 3.63) is 316 Å². The first kappa shape index (κ1) is 107. The third-order valence-electron chi connectivity index (χ3n) is 14.4. The van der Waals surface area contributed by atoms with Crippen molar-refractivity contribution in [1.82, 2.24) is 21.6 Å². The van der Waals surface area contributed by atoms with Crippen LogP contribution in [0.3, 0.4) is 0 Å². The van der Waals surface area contributed by atoms with E-state index < -0.39 is 151 Å². The van der Waals surface area contributed by atoms with Gasteiger partial charge in [-0.25, -0.2) is 106 Å². The molecular formula is C79H62Cl2F16I5N11O10. The predicted molar refractivity (Wildman–Crippen MR) is 474 cm³/mol. The molecule has 0 saturated carbocycles. The Hall–Kier alpha value is -10.1. The minimum Gasteiger partial charge on any atom is -0.478 e. The van der Waals surface area contributed by atoms with Gasteiger partial charge in [0.1, 0.15) is 29.1 Å². The summed E-state index contributed by atoms with van der Waals surface area (Å²) in [6, 6.07) is 28.9. The van der Waals surface area contributed by atoms with Gasteiger partial charge in [-0.2, -0.15) is 0 Å². The predicted octanol–water partition coefficient (Wildman–Crippen LogP) is 22.0. The number of nitrogen functional groups attached to an aromatic ring is 2. The molecule has 0 atom stereocenters. The summed E-state index contributed by atoms with van der Waals surface area (Å²) >= 11 is 19.2. The number of ketones is 1. The maximum Gasteiger partial charge on any atom is 0.338 e. The lowest BCUT2D eigenvalue weighted by Crippen LogP contribution is -2.47. The van der Waals surface area contributed by atoms with Gasteiger partial charge in [-0.05, 0) is 284 Å². The minimum atomic E-state index is -1.77. The van der Waals surface area contributed by atoms with Crippen molar-refractivity contribution < 1.29 is 119 Å². The second-order valence-electron chi connectivity index (χ2n) is 22.9. The Balaban J connectivity index is 0.000000376. The number of carboxylic acids is 2. The van der Waals surface area contributed by atoms with Crippen LogP contribution in [0.4, 0.5) is 126 Å². The van der Waals surface area contributed by atoms with E-state index in [0.717, 1.165) is 59.2 Å². The number of Topliss-reactive ketones (excluding diaryl/α,β-unsaturated/α-hetero) is 1. The number of benzene rings is 10. The number of anilines is 9. The number of ether oxygens (including phenoxy) is 1. The fourth-order valence-electron chi connectivity index (χ4n) is 8.72. The molecule has 10 aromatic carbocycles. The number of aliphatic imine (C=N–C) groups is 1. The van der Waals surface area contributed by atoms with Gasteiger partial charge in [0.25, 0.3) is 11.8 Å². The number of isocyanates is 1. The molecule has 14 N–H and O–H groups in total. The number of carbonyl (C=O) groups is 6. The largest absolute Gasteiger partial charge is 0.478 e. The second kappa shape index (κ2) is 55.2. The van der Waals surface area contributed by atoms with Crippen LogP contribution in [0.15, 0.2) is 182 Å². The molecule has 0 spiro atoms. The van der Waals surface area contributed by atoms with E-state index in [0.29, 0.717) is 39.0 Å². The lowest BCUT2D eigenvalue weighted by molar-refractivity contribution is 0.0682. The molecule has 1 heterocycles. The number of carboxylic acid groups (broad SMARTS) is 2. The molecule has 11 rings (SSSR count). The summed E-state index contributed by atoms with van der Waals surface area (Å²) in [7, 11) is 0. The zero-order valence-corrected chi connectivity index (χ0v) is 74.7. The highest BCUT2D eigenvalue weighted by Gasteiger charge is 2.25. The number of carbonyl (C=O) groups excluding carboxylic acids is 5. The molecule has 0 unspecified atom stereocenters. The number of hydrazine groups is 2. The molecule has 0 aliphatic carbocycles. The summed E-state index contributed by atoms with van der Waals surface area (Å²) in [6.45, 7) is 10.5. The summed E-state index contributed by atoms with van der Waals surface area (Å²) < 4.78 is 222. The molecule has 44 heteroatoms. The maximum atomic E-state index is 14.2. The highest BCUT2D eigenvalue weighted by atomic mass is 127. The number of amides is 4. The third-order valence-corrected chi connectivity index (χ3v) is 17.8. The van der Waals surface area contributed by atoms with Crippen molar-refractivity contribution in [2.45, 2.75) is 19.8 Å². The highest BCUT2D eigenvalue weighted by Crippen LogP contribution is 2.34. The standard InChI is InChI=1S/C17H14F3IN4O2.C14H9F3INO.C13H9F3IN3O.C13H7F3INO2.C7H3F3O2.C6H5FIN.C4H5NO.C4H8O.CH2Cl2/c1-2-7-22-17(27)25-24-16(26)10-4-5-11(18)14(20)15(10)23-13-6-3-9(21)8-12(13)19;1-7(20)9-3-4-10(15)13(17)14(9)19-12-5-2-8(18)6-11(12)16;14-8-3-2-7(13(21)20-18)12(11(8)16)19-10-4-1-6(17)5-9(10)15;14-8-3-2-7(13(19)20)12(11(8)16)18-10-4-1-6(17)5-9(10)15;8-4-2-1-3(7(11)12)5(9)6(4)10;7-5-3-4(8)1-2-6(5)9;1-2-3-5-4-6;1-2-4-5-3-1;2-1-3/h2-6,8,23H,1,7H2,(H,24,26)(H2,22,25,27);2-6,19H,1H3;1-5,19H,18H2,(H,20,21);1-5,18H,(H,19,20);1-2H,(H,11,12);1-3H,9H2;2H,1,3H2;1-4H2;1H2. The Morgan fingerprint density at radius 2 is 0.756 bits per heavy atom. The number of alkyl halides is 2. The molecular weight excluding hydrogens is 2270 g/mol. The van der Waals surface area contributed by atoms with Crippen LogP contribution in [0.2, 0.25) is 0 Å². The van der Waals surface area contributed by atoms with Crippen LogP contribution in [-0.4, -0.2) is 83.5 Å². The van der Waals surface area contributed by atoms with Crippen molar-refractivity contribution in [3.8, 4) is 0 Å². The summed E-state index contributed by atoms with van der Waals surface area (Å²) in [6.07, 6.45) is 6.89. The number of hydrogen-bond acceptors (Lipinski definition) is 15. The average Bonchev–Trinajstić information content (AvgIpc) is 1.17. The third kappa shape index (κ3) is 35.6. The van der Waals surface area contributed by atoms with E-state index in [1.54, 1.807) is 36.4 Å². The molecule has 0 bridgehead atoms. The zero-order chi connectivity index (χ0) is 92.5. The second-order valence-corrected chi connectivity index (χ2v) is 29.9. The molecule has 4 amide bonds. The summed E-state index contributed by atoms with van der Waals surface area (Å²) in [5.41, 5.74) is 6.89. The first-order valence-electron chi connectivity index (χ1n) is 33.6. The van der Waals surface area contributed by atoms with Gasteiger partial charge in [-0.15, -0.1) is 36.4 Å². The van der Waals surface area contributed by atoms with E-state index in [-0.39, 0.29) is 68.5 Å². The Morgan fingerprint density at radius 1 is 0.439 bits per heavy atom. The maximum absolute atomic E-state index is 14.2. The number of nitrogens with two attached hydrogens (primary N) is 2. The first-order chi connectivity index (χ1) is 58.1. The van der Waals surface area contributed by atoms with Gasteiger partial charge < -0.3 is 47.3 Å². The number of nitrogens with one attached hydrogen (secondary N) is 8. The minimum absolute atomic E-state index is 0.0302. The van der Waals surface area contributed by atoms with E-state index in [2.05, 4.69) is 44.7 Å². The van der Waals surface area contributed by atoms with Gasteiger partial charge in [0.05, 0.1) is 85.3 Å². The number of aromatic carboxylic acids is 2. The van der Waals surface area contributed by atoms with E-state index >= 15 is 0 Å². The lowest BCUT2D eigenvalue weighted by Gasteiger charge is -2.15. The Kier molecular flexibility index (Phi) is 48.1. The summed E-state index contributed by atoms with van der Waals surface area (Å²) in [4.78, 5) is 80.2. The quantitative estimate of drug-likeness (QED) is 0.00328. The SMILES string of the molecule is C1CCOC1.C=CCN=C=O.C=CCNC(=O)NNC(=O)c1ccc(F)c(F)c1Nc1ccc(I)cc1F.CC(=O)c1ccc(F)c(F)c1Nc1ccc(I)cc1F.ClCCl.NNC(=O)c1ccc(F)c(F)c1Nc1ccc(I)cc1F.Nc1ccc(I)cc1F.O=C(O)c1ccc(F)c(F)c1F.O=C(O)c1ccc(F)c(F)c1Nc1ccc(I)cc1F. The van der Waals surface area contributed by atoms with Crippen LogP contribution < -0.4 is 54.4 Å². The highest BCUT2D eigenvalue weighted by molar-refractivity contribution is 14.1. The van der Waals surface area contributed by atoms with Crippen molar-refractivity contribution in [1.29, 1.82) is 0 Å². The van der Waals surface area contributed by atoms with E-state index in [9.17, 15) is 104 Å². The molecule has 10 aromatic rings. The zero-order valence-electron chi connectivity index (χ0n) is 62.4. The molecule has 0 aromatic heterocycles. The fraction of sp³-hybridized carbons (Fsp3) is 0.101.